The highest BCUT2D eigenvalue weighted by molar-refractivity contribution is 5.56. The van der Waals surface area contributed by atoms with Gasteiger partial charge < -0.3 is 10.6 Å². The Balaban J connectivity index is 2.06. The summed E-state index contributed by atoms with van der Waals surface area (Å²) in [6, 6.07) is 8.70. The molecule has 0 atom stereocenters. The van der Waals surface area contributed by atoms with Crippen LogP contribution in [0.2, 0.25) is 0 Å². The topological polar surface area (TPSA) is 29.3 Å². The fraction of sp³-hybridized carbons (Fsp3) is 0.385. The lowest BCUT2D eigenvalue weighted by Gasteiger charge is -2.17. The normalized spacial score (nSPS) is 16.5. The maximum Gasteiger partial charge on any atom is 0.0366 e. The van der Waals surface area contributed by atoms with Crippen molar-refractivity contribution in [3.63, 3.8) is 0 Å². The van der Waals surface area contributed by atoms with Crippen LogP contribution < -0.4 is 10.6 Å². The van der Waals surface area contributed by atoms with Crippen molar-refractivity contribution in [3.8, 4) is 0 Å². The first-order chi connectivity index (χ1) is 7.40. The molecule has 2 N–H and O–H groups in total. The second kappa shape index (κ2) is 4.99. The molecular weight excluding hydrogens is 184 g/mol. The van der Waals surface area contributed by atoms with Crippen molar-refractivity contribution in [1.29, 1.82) is 0 Å². The number of anilines is 1. The molecule has 0 amide bonds. The summed E-state index contributed by atoms with van der Waals surface area (Å²) < 4.78 is 0. The Morgan fingerprint density at radius 3 is 2.40 bits per heavy atom. The van der Waals surface area contributed by atoms with Gasteiger partial charge in [0.1, 0.15) is 0 Å². The van der Waals surface area contributed by atoms with E-state index in [-0.39, 0.29) is 0 Å². The lowest BCUT2D eigenvalue weighted by molar-refractivity contribution is 0.949. The second-order valence-corrected chi connectivity index (χ2v) is 3.92. The molecule has 2 nitrogen and oxygen atoms in total. The zero-order valence-corrected chi connectivity index (χ0v) is 9.02. The molecule has 0 saturated carbocycles. The summed E-state index contributed by atoms with van der Waals surface area (Å²) in [4.78, 5) is 2.44. The smallest absolute Gasteiger partial charge is 0.0366 e. The Morgan fingerprint density at radius 1 is 1.13 bits per heavy atom. The van der Waals surface area contributed by atoms with Gasteiger partial charge in [0.15, 0.2) is 0 Å². The van der Waals surface area contributed by atoms with Crippen LogP contribution in [0.15, 0.2) is 30.3 Å². The van der Waals surface area contributed by atoms with Crippen molar-refractivity contribution in [2.24, 2.45) is 5.73 Å². The average molecular weight is 202 g/mol. The fourth-order valence-corrected chi connectivity index (χ4v) is 1.98. The van der Waals surface area contributed by atoms with E-state index in [9.17, 15) is 0 Å². The molecule has 2 rings (SSSR count). The molecule has 0 aromatic heterocycles. The number of rotatable bonds is 3. The SMILES string of the molecule is NCC=Cc1ccc(N2CCCC2)cc1. The quantitative estimate of drug-likeness (QED) is 0.814. The maximum atomic E-state index is 5.41. The summed E-state index contributed by atoms with van der Waals surface area (Å²) in [5.41, 5.74) is 7.98. The average Bonchev–Trinajstić information content (AvgIpc) is 2.80. The summed E-state index contributed by atoms with van der Waals surface area (Å²) in [5.74, 6) is 0. The predicted octanol–water partition coefficient (Wildman–Crippen LogP) is 2.26. The first-order valence-corrected chi connectivity index (χ1v) is 5.62. The number of hydrogen-bond acceptors (Lipinski definition) is 2. The van der Waals surface area contributed by atoms with Gasteiger partial charge in [0.05, 0.1) is 0 Å². The Labute approximate surface area is 91.4 Å². The van der Waals surface area contributed by atoms with E-state index in [4.69, 9.17) is 5.73 Å². The van der Waals surface area contributed by atoms with E-state index in [2.05, 4.69) is 35.2 Å². The van der Waals surface area contributed by atoms with Gasteiger partial charge in [-0.3, -0.25) is 0 Å². The van der Waals surface area contributed by atoms with Crippen LogP contribution in [0.4, 0.5) is 5.69 Å². The van der Waals surface area contributed by atoms with Crippen molar-refractivity contribution in [2.75, 3.05) is 24.5 Å². The summed E-state index contributed by atoms with van der Waals surface area (Å²) in [5, 5.41) is 0. The van der Waals surface area contributed by atoms with Crippen molar-refractivity contribution in [1.82, 2.24) is 0 Å². The zero-order valence-electron chi connectivity index (χ0n) is 9.02. The van der Waals surface area contributed by atoms with Crippen LogP contribution >= 0.6 is 0 Å². The monoisotopic (exact) mass is 202 g/mol. The standard InChI is InChI=1S/C13H18N2/c14-9-3-4-12-5-7-13(8-6-12)15-10-1-2-11-15/h3-8H,1-2,9-11,14H2. The van der Waals surface area contributed by atoms with Gasteiger partial charge in [-0.1, -0.05) is 24.3 Å². The molecular formula is C13H18N2. The van der Waals surface area contributed by atoms with Crippen LogP contribution in [0.25, 0.3) is 6.08 Å². The third-order valence-electron chi connectivity index (χ3n) is 2.81. The van der Waals surface area contributed by atoms with E-state index in [0.29, 0.717) is 6.54 Å². The predicted molar refractivity (Wildman–Crippen MR) is 66.0 cm³/mol. The molecule has 0 radical (unpaired) electrons. The Kier molecular flexibility index (Phi) is 3.41. The molecule has 1 saturated heterocycles. The van der Waals surface area contributed by atoms with E-state index in [1.165, 1.54) is 37.2 Å². The summed E-state index contributed by atoms with van der Waals surface area (Å²) >= 11 is 0. The van der Waals surface area contributed by atoms with Crippen LogP contribution in [0, 0.1) is 0 Å². The minimum absolute atomic E-state index is 0.605. The van der Waals surface area contributed by atoms with Crippen molar-refractivity contribution < 1.29 is 0 Å². The summed E-state index contributed by atoms with van der Waals surface area (Å²) in [7, 11) is 0. The van der Waals surface area contributed by atoms with Gasteiger partial charge in [0.2, 0.25) is 0 Å². The summed E-state index contributed by atoms with van der Waals surface area (Å²) in [6.07, 6.45) is 6.70. The van der Waals surface area contributed by atoms with Gasteiger partial charge >= 0.3 is 0 Å². The van der Waals surface area contributed by atoms with Gasteiger partial charge in [-0.05, 0) is 30.5 Å². The minimum Gasteiger partial charge on any atom is -0.372 e. The van der Waals surface area contributed by atoms with Gasteiger partial charge in [-0.2, -0.15) is 0 Å². The summed E-state index contributed by atoms with van der Waals surface area (Å²) in [6.45, 7) is 3.02. The van der Waals surface area contributed by atoms with E-state index in [1.807, 2.05) is 6.08 Å². The van der Waals surface area contributed by atoms with Crippen LogP contribution in [-0.4, -0.2) is 19.6 Å². The second-order valence-electron chi connectivity index (χ2n) is 3.92. The van der Waals surface area contributed by atoms with Crippen molar-refractivity contribution in [3.05, 3.63) is 35.9 Å². The minimum atomic E-state index is 0.605. The molecule has 0 bridgehead atoms. The van der Waals surface area contributed by atoms with Crippen molar-refractivity contribution >= 4 is 11.8 Å². The maximum absolute atomic E-state index is 5.41. The first-order valence-electron chi connectivity index (χ1n) is 5.62. The number of nitrogens with zero attached hydrogens (tertiary/aromatic N) is 1. The Hall–Kier alpha value is -1.28. The van der Waals surface area contributed by atoms with Crippen LogP contribution in [0.3, 0.4) is 0 Å². The van der Waals surface area contributed by atoms with E-state index >= 15 is 0 Å². The van der Waals surface area contributed by atoms with Gasteiger partial charge in [-0.15, -0.1) is 0 Å². The number of hydrogen-bond donors (Lipinski definition) is 1. The molecule has 1 aliphatic rings. The molecule has 1 aromatic rings. The van der Waals surface area contributed by atoms with Gasteiger partial charge in [0.25, 0.3) is 0 Å². The third kappa shape index (κ3) is 2.60. The van der Waals surface area contributed by atoms with Gasteiger partial charge in [0, 0.05) is 25.3 Å². The molecule has 1 heterocycles. The lowest BCUT2D eigenvalue weighted by atomic mass is 10.2. The third-order valence-corrected chi connectivity index (χ3v) is 2.81. The van der Waals surface area contributed by atoms with E-state index in [1.54, 1.807) is 0 Å². The molecule has 2 heteroatoms. The number of benzene rings is 1. The lowest BCUT2D eigenvalue weighted by Crippen LogP contribution is -2.17. The molecule has 80 valence electrons. The Morgan fingerprint density at radius 2 is 1.80 bits per heavy atom. The Bertz CT molecular complexity index is 321. The first kappa shape index (κ1) is 10.2. The fourth-order valence-electron chi connectivity index (χ4n) is 1.98. The largest absolute Gasteiger partial charge is 0.372 e. The zero-order chi connectivity index (χ0) is 10.5. The molecule has 0 spiro atoms. The van der Waals surface area contributed by atoms with E-state index in [0.717, 1.165) is 0 Å². The number of nitrogens with two attached hydrogens (primary N) is 1. The molecule has 0 unspecified atom stereocenters. The molecule has 0 aliphatic carbocycles. The van der Waals surface area contributed by atoms with Crippen LogP contribution in [0.5, 0.6) is 0 Å². The van der Waals surface area contributed by atoms with Crippen LogP contribution in [-0.2, 0) is 0 Å². The molecule has 1 fully saturated rings. The highest BCUT2D eigenvalue weighted by Crippen LogP contribution is 2.20. The van der Waals surface area contributed by atoms with Crippen molar-refractivity contribution in [2.45, 2.75) is 12.8 Å². The molecule has 1 aromatic carbocycles. The van der Waals surface area contributed by atoms with E-state index < -0.39 is 0 Å². The molecule has 1 aliphatic heterocycles. The highest BCUT2D eigenvalue weighted by atomic mass is 15.1. The highest BCUT2D eigenvalue weighted by Gasteiger charge is 2.11. The van der Waals surface area contributed by atoms with Crippen LogP contribution in [0.1, 0.15) is 18.4 Å². The molecule has 15 heavy (non-hydrogen) atoms. The van der Waals surface area contributed by atoms with Gasteiger partial charge in [-0.25, -0.2) is 0 Å².